The Kier molecular flexibility index (Phi) is 5.81. The number of hydrogen-bond acceptors (Lipinski definition) is 2. The fraction of sp³-hybridized carbons (Fsp3) is 0.538. The third-order valence-electron chi connectivity index (χ3n) is 2.55. The van der Waals surface area contributed by atoms with E-state index in [1.54, 1.807) is 0 Å². The van der Waals surface area contributed by atoms with Gasteiger partial charge in [-0.05, 0) is 30.5 Å². The summed E-state index contributed by atoms with van der Waals surface area (Å²) >= 11 is 5.95. The minimum Gasteiger partial charge on any atom is -0.392 e. The summed E-state index contributed by atoms with van der Waals surface area (Å²) in [6.45, 7) is 5.50. The second-order valence-electron chi connectivity index (χ2n) is 4.16. The minimum atomic E-state index is -0.238. The number of aliphatic hydroxyl groups is 1. The van der Waals surface area contributed by atoms with Crippen molar-refractivity contribution in [1.82, 2.24) is 5.32 Å². The van der Waals surface area contributed by atoms with Crippen LogP contribution in [0.3, 0.4) is 0 Å². The van der Waals surface area contributed by atoms with Gasteiger partial charge in [-0.1, -0.05) is 37.1 Å². The molecule has 2 N–H and O–H groups in total. The van der Waals surface area contributed by atoms with Crippen LogP contribution in [0.1, 0.15) is 30.9 Å². The predicted molar refractivity (Wildman–Crippen MR) is 68.8 cm³/mol. The third kappa shape index (κ3) is 4.52. The Balaban J connectivity index is 2.34. The summed E-state index contributed by atoms with van der Waals surface area (Å²) in [5.74, 6) is 0. The van der Waals surface area contributed by atoms with Gasteiger partial charge in [0.2, 0.25) is 0 Å². The van der Waals surface area contributed by atoms with E-state index in [-0.39, 0.29) is 6.10 Å². The van der Waals surface area contributed by atoms with Gasteiger partial charge in [0.15, 0.2) is 0 Å². The van der Waals surface area contributed by atoms with Crippen molar-refractivity contribution in [3.8, 4) is 0 Å². The minimum absolute atomic E-state index is 0.238. The van der Waals surface area contributed by atoms with Gasteiger partial charge < -0.3 is 10.4 Å². The fourth-order valence-corrected chi connectivity index (χ4v) is 1.75. The van der Waals surface area contributed by atoms with Gasteiger partial charge in [0.1, 0.15) is 0 Å². The van der Waals surface area contributed by atoms with E-state index < -0.39 is 0 Å². The number of aryl methyl sites for hydroxylation is 1. The summed E-state index contributed by atoms with van der Waals surface area (Å²) in [6.07, 6.45) is 1.63. The Morgan fingerprint density at radius 2 is 2.19 bits per heavy atom. The molecule has 1 aromatic carbocycles. The molecule has 0 fully saturated rings. The first kappa shape index (κ1) is 13.5. The summed E-state index contributed by atoms with van der Waals surface area (Å²) in [5.41, 5.74) is 2.29. The molecule has 1 aromatic rings. The molecule has 0 saturated carbocycles. The molecule has 16 heavy (non-hydrogen) atoms. The lowest BCUT2D eigenvalue weighted by atomic mass is 10.1. The van der Waals surface area contributed by atoms with E-state index in [9.17, 15) is 5.11 Å². The Hall–Kier alpha value is -0.570. The van der Waals surface area contributed by atoms with Gasteiger partial charge in [-0.25, -0.2) is 0 Å². The maximum absolute atomic E-state index is 9.54. The molecule has 2 nitrogen and oxygen atoms in total. The summed E-state index contributed by atoms with van der Waals surface area (Å²) in [7, 11) is 0. The van der Waals surface area contributed by atoms with Gasteiger partial charge in [0, 0.05) is 18.1 Å². The van der Waals surface area contributed by atoms with Gasteiger partial charge in [-0.15, -0.1) is 0 Å². The molecular weight excluding hydrogens is 222 g/mol. The highest BCUT2D eigenvalue weighted by Crippen LogP contribution is 2.16. The van der Waals surface area contributed by atoms with Crippen LogP contribution in [0.15, 0.2) is 18.2 Å². The van der Waals surface area contributed by atoms with Crippen molar-refractivity contribution in [3.05, 3.63) is 34.3 Å². The number of benzene rings is 1. The van der Waals surface area contributed by atoms with Crippen LogP contribution in [-0.2, 0) is 6.54 Å². The number of aliphatic hydroxyl groups excluding tert-OH is 1. The van der Waals surface area contributed by atoms with E-state index in [4.69, 9.17) is 11.6 Å². The van der Waals surface area contributed by atoms with Crippen molar-refractivity contribution in [2.75, 3.05) is 6.54 Å². The van der Waals surface area contributed by atoms with E-state index in [1.807, 2.05) is 19.1 Å². The largest absolute Gasteiger partial charge is 0.392 e. The van der Waals surface area contributed by atoms with Gasteiger partial charge in [0.05, 0.1) is 6.10 Å². The van der Waals surface area contributed by atoms with Crippen molar-refractivity contribution in [3.63, 3.8) is 0 Å². The van der Waals surface area contributed by atoms with Gasteiger partial charge in [-0.3, -0.25) is 0 Å². The smallest absolute Gasteiger partial charge is 0.0664 e. The molecule has 3 heteroatoms. The molecule has 0 saturated heterocycles. The van der Waals surface area contributed by atoms with E-state index in [0.717, 1.165) is 30.0 Å². The number of nitrogens with one attached hydrogen (secondary N) is 1. The SMILES string of the molecule is CCCC(O)CNCc1ccc(Cl)c(C)c1. The molecule has 0 aliphatic carbocycles. The second-order valence-corrected chi connectivity index (χ2v) is 4.56. The highest BCUT2D eigenvalue weighted by atomic mass is 35.5. The standard InChI is InChI=1S/C13H20ClNO/c1-3-4-12(16)9-15-8-11-5-6-13(14)10(2)7-11/h5-7,12,15-16H,3-4,8-9H2,1-2H3. The maximum atomic E-state index is 9.54. The molecule has 1 rings (SSSR count). The predicted octanol–water partition coefficient (Wildman–Crippen LogP) is 2.90. The van der Waals surface area contributed by atoms with Crippen LogP contribution in [0.4, 0.5) is 0 Å². The summed E-state index contributed by atoms with van der Waals surface area (Å²) in [6, 6.07) is 5.99. The average molecular weight is 242 g/mol. The van der Waals surface area contributed by atoms with Gasteiger partial charge in [0.25, 0.3) is 0 Å². The van der Waals surface area contributed by atoms with Crippen LogP contribution >= 0.6 is 11.6 Å². The van der Waals surface area contributed by atoms with Crippen LogP contribution in [0, 0.1) is 6.92 Å². The molecule has 0 spiro atoms. The molecular formula is C13H20ClNO. The molecule has 0 aromatic heterocycles. The molecule has 0 radical (unpaired) electrons. The Morgan fingerprint density at radius 3 is 2.81 bits per heavy atom. The van der Waals surface area contributed by atoms with Crippen molar-refractivity contribution in [2.24, 2.45) is 0 Å². The van der Waals surface area contributed by atoms with Gasteiger partial charge >= 0.3 is 0 Å². The highest BCUT2D eigenvalue weighted by molar-refractivity contribution is 6.31. The zero-order valence-electron chi connectivity index (χ0n) is 9.96. The average Bonchev–Trinajstić information content (AvgIpc) is 2.24. The normalized spacial score (nSPS) is 12.8. The first-order valence-electron chi connectivity index (χ1n) is 5.77. The number of rotatable bonds is 6. The lowest BCUT2D eigenvalue weighted by molar-refractivity contribution is 0.160. The lowest BCUT2D eigenvalue weighted by Gasteiger charge is -2.11. The topological polar surface area (TPSA) is 32.3 Å². The monoisotopic (exact) mass is 241 g/mol. The first-order chi connectivity index (χ1) is 7.63. The molecule has 0 aliphatic rings. The van der Waals surface area contributed by atoms with E-state index in [1.165, 1.54) is 5.56 Å². The number of hydrogen-bond donors (Lipinski definition) is 2. The molecule has 0 amide bonds. The zero-order valence-corrected chi connectivity index (χ0v) is 10.7. The van der Waals surface area contributed by atoms with Crippen LogP contribution in [0.5, 0.6) is 0 Å². The number of halogens is 1. The maximum Gasteiger partial charge on any atom is 0.0664 e. The zero-order chi connectivity index (χ0) is 12.0. The highest BCUT2D eigenvalue weighted by Gasteiger charge is 2.02. The van der Waals surface area contributed by atoms with Crippen LogP contribution in [0.2, 0.25) is 5.02 Å². The van der Waals surface area contributed by atoms with Crippen LogP contribution in [-0.4, -0.2) is 17.8 Å². The van der Waals surface area contributed by atoms with Crippen LogP contribution < -0.4 is 5.32 Å². The molecule has 0 aliphatic heterocycles. The van der Waals surface area contributed by atoms with Crippen molar-refractivity contribution in [1.29, 1.82) is 0 Å². The fourth-order valence-electron chi connectivity index (χ4n) is 1.64. The van der Waals surface area contributed by atoms with Crippen molar-refractivity contribution in [2.45, 2.75) is 39.3 Å². The van der Waals surface area contributed by atoms with Gasteiger partial charge in [-0.2, -0.15) is 0 Å². The second kappa shape index (κ2) is 6.89. The Labute approximate surface area is 103 Å². The quantitative estimate of drug-likeness (QED) is 0.803. The Morgan fingerprint density at radius 1 is 1.44 bits per heavy atom. The molecule has 1 atom stereocenters. The van der Waals surface area contributed by atoms with Crippen LogP contribution in [0.25, 0.3) is 0 Å². The summed E-state index contributed by atoms with van der Waals surface area (Å²) in [5, 5.41) is 13.6. The molecule has 1 unspecified atom stereocenters. The van der Waals surface area contributed by atoms with E-state index in [0.29, 0.717) is 6.54 Å². The lowest BCUT2D eigenvalue weighted by Crippen LogP contribution is -2.26. The van der Waals surface area contributed by atoms with Crippen molar-refractivity contribution >= 4 is 11.6 Å². The first-order valence-corrected chi connectivity index (χ1v) is 6.15. The van der Waals surface area contributed by atoms with E-state index >= 15 is 0 Å². The molecule has 0 bridgehead atoms. The third-order valence-corrected chi connectivity index (χ3v) is 2.98. The molecule has 0 heterocycles. The van der Waals surface area contributed by atoms with E-state index in [2.05, 4.69) is 18.3 Å². The molecule has 90 valence electrons. The Bertz CT molecular complexity index is 328. The summed E-state index contributed by atoms with van der Waals surface area (Å²) in [4.78, 5) is 0. The van der Waals surface area contributed by atoms with Crippen molar-refractivity contribution < 1.29 is 5.11 Å². The summed E-state index contributed by atoms with van der Waals surface area (Å²) < 4.78 is 0.